The number of amides is 1. The standard InChI is InChI=1S/C23H18N2O3/c1-28-21-15-16(12-13-20(21)26)14-19-22(17-8-4-2-5-9-17)24-25(23(19)27)18-10-6-3-7-11-18/h2-15,26H,1H3/b19-14-. The number of benzene rings is 3. The van der Waals surface area contributed by atoms with Crippen LogP contribution in [0.3, 0.4) is 0 Å². The molecule has 5 nitrogen and oxygen atoms in total. The monoisotopic (exact) mass is 370 g/mol. The topological polar surface area (TPSA) is 62.1 Å². The third kappa shape index (κ3) is 3.25. The molecule has 0 spiro atoms. The number of nitrogens with zero attached hydrogens (tertiary/aromatic N) is 2. The lowest BCUT2D eigenvalue weighted by Crippen LogP contribution is -2.21. The molecule has 4 rings (SSSR count). The summed E-state index contributed by atoms with van der Waals surface area (Å²) in [5, 5.41) is 15.8. The average Bonchev–Trinajstić information content (AvgIpc) is 3.07. The Labute approximate surface area is 162 Å². The van der Waals surface area contributed by atoms with Crippen molar-refractivity contribution in [3.8, 4) is 11.5 Å². The van der Waals surface area contributed by atoms with E-state index in [1.165, 1.54) is 12.1 Å². The lowest BCUT2D eigenvalue weighted by atomic mass is 10.00. The summed E-state index contributed by atoms with van der Waals surface area (Å²) in [6.07, 6.45) is 1.76. The van der Waals surface area contributed by atoms with Crippen LogP contribution < -0.4 is 9.75 Å². The summed E-state index contributed by atoms with van der Waals surface area (Å²) < 4.78 is 5.17. The minimum absolute atomic E-state index is 0.0465. The van der Waals surface area contributed by atoms with Gasteiger partial charge in [0.2, 0.25) is 0 Å². The van der Waals surface area contributed by atoms with Gasteiger partial charge in [0.05, 0.1) is 18.4 Å². The van der Waals surface area contributed by atoms with Crippen LogP contribution in [0.25, 0.3) is 6.08 Å². The summed E-state index contributed by atoms with van der Waals surface area (Å²) in [6, 6.07) is 23.9. The fraction of sp³-hybridized carbons (Fsp3) is 0.0435. The van der Waals surface area contributed by atoms with E-state index < -0.39 is 0 Å². The molecule has 0 bridgehead atoms. The molecule has 0 atom stereocenters. The lowest BCUT2D eigenvalue weighted by molar-refractivity contribution is -0.114. The molecule has 0 saturated carbocycles. The number of carbonyl (C=O) groups excluding carboxylic acids is 1. The Morgan fingerprint density at radius 3 is 2.32 bits per heavy atom. The first-order chi connectivity index (χ1) is 13.7. The van der Waals surface area contributed by atoms with Crippen LogP contribution in [0.1, 0.15) is 11.1 Å². The van der Waals surface area contributed by atoms with Gasteiger partial charge in [-0.25, -0.2) is 0 Å². The summed E-state index contributed by atoms with van der Waals surface area (Å²) in [5.41, 5.74) is 3.36. The minimum atomic E-state index is -0.211. The van der Waals surface area contributed by atoms with Crippen LogP contribution >= 0.6 is 0 Å². The van der Waals surface area contributed by atoms with E-state index in [9.17, 15) is 9.90 Å². The number of aromatic hydroxyl groups is 1. The number of phenolic OH excluding ortho intramolecular Hbond substituents is 1. The Hall–Kier alpha value is -3.86. The van der Waals surface area contributed by atoms with Gasteiger partial charge in [0, 0.05) is 5.56 Å². The van der Waals surface area contributed by atoms with Gasteiger partial charge < -0.3 is 9.84 Å². The smallest absolute Gasteiger partial charge is 0.281 e. The molecule has 0 radical (unpaired) electrons. The number of hydrazone groups is 1. The number of methoxy groups -OCH3 is 1. The van der Waals surface area contributed by atoms with Gasteiger partial charge in [0.1, 0.15) is 5.71 Å². The predicted octanol–water partition coefficient (Wildman–Crippen LogP) is 4.24. The van der Waals surface area contributed by atoms with E-state index in [4.69, 9.17) is 4.74 Å². The van der Waals surface area contributed by atoms with Crippen molar-refractivity contribution in [2.45, 2.75) is 0 Å². The molecule has 0 aliphatic carbocycles. The number of ether oxygens (including phenoxy) is 1. The van der Waals surface area contributed by atoms with Gasteiger partial charge in [-0.05, 0) is 35.9 Å². The molecule has 1 aliphatic heterocycles. The third-order valence-electron chi connectivity index (χ3n) is 4.44. The molecule has 0 saturated heterocycles. The number of hydrogen-bond donors (Lipinski definition) is 1. The number of phenols is 1. The molecule has 138 valence electrons. The van der Waals surface area contributed by atoms with E-state index in [2.05, 4.69) is 5.10 Å². The highest BCUT2D eigenvalue weighted by molar-refractivity contribution is 6.37. The van der Waals surface area contributed by atoms with Crippen LogP contribution in [0.2, 0.25) is 0 Å². The Morgan fingerprint density at radius 1 is 0.964 bits per heavy atom. The van der Waals surface area contributed by atoms with Crippen molar-refractivity contribution < 1.29 is 14.6 Å². The van der Waals surface area contributed by atoms with Crippen LogP contribution in [0.4, 0.5) is 5.69 Å². The summed E-state index contributed by atoms with van der Waals surface area (Å²) in [7, 11) is 1.49. The molecule has 0 fully saturated rings. The molecule has 3 aromatic carbocycles. The van der Waals surface area contributed by atoms with Crippen molar-refractivity contribution in [2.75, 3.05) is 12.1 Å². The first kappa shape index (κ1) is 17.5. The van der Waals surface area contributed by atoms with Crippen LogP contribution in [-0.2, 0) is 4.79 Å². The molecule has 1 aliphatic rings. The van der Waals surface area contributed by atoms with E-state index in [-0.39, 0.29) is 11.7 Å². The largest absolute Gasteiger partial charge is 0.504 e. The second-order valence-corrected chi connectivity index (χ2v) is 6.26. The van der Waals surface area contributed by atoms with Gasteiger partial charge in [0.15, 0.2) is 11.5 Å². The Kier molecular flexibility index (Phi) is 4.64. The van der Waals surface area contributed by atoms with Crippen LogP contribution in [-0.4, -0.2) is 23.8 Å². The highest BCUT2D eigenvalue weighted by Crippen LogP contribution is 2.30. The SMILES string of the molecule is COc1cc(/C=C2\C(=O)N(c3ccccc3)N=C2c2ccccc2)ccc1O. The van der Waals surface area contributed by atoms with Crippen molar-refractivity contribution in [2.24, 2.45) is 5.10 Å². The molecule has 1 amide bonds. The second kappa shape index (κ2) is 7.40. The summed E-state index contributed by atoms with van der Waals surface area (Å²) in [6.45, 7) is 0. The van der Waals surface area contributed by atoms with Gasteiger partial charge in [0.25, 0.3) is 5.91 Å². The van der Waals surface area contributed by atoms with E-state index in [1.54, 1.807) is 24.3 Å². The quantitative estimate of drug-likeness (QED) is 0.699. The first-order valence-electron chi connectivity index (χ1n) is 8.80. The second-order valence-electron chi connectivity index (χ2n) is 6.26. The zero-order valence-corrected chi connectivity index (χ0v) is 15.2. The van der Waals surface area contributed by atoms with Crippen LogP contribution in [0, 0.1) is 0 Å². The van der Waals surface area contributed by atoms with Gasteiger partial charge in [-0.15, -0.1) is 0 Å². The predicted molar refractivity (Wildman–Crippen MR) is 110 cm³/mol. The van der Waals surface area contributed by atoms with Gasteiger partial charge in [-0.3, -0.25) is 4.79 Å². The molecule has 1 N–H and O–H groups in total. The first-order valence-corrected chi connectivity index (χ1v) is 8.80. The molecule has 5 heteroatoms. The van der Waals surface area contributed by atoms with Crippen molar-refractivity contribution in [1.29, 1.82) is 0 Å². The molecule has 0 unspecified atom stereocenters. The lowest BCUT2D eigenvalue weighted by Gasteiger charge is -2.11. The average molecular weight is 370 g/mol. The maximum atomic E-state index is 13.2. The molecule has 28 heavy (non-hydrogen) atoms. The molecule has 1 heterocycles. The van der Waals surface area contributed by atoms with Crippen molar-refractivity contribution in [3.63, 3.8) is 0 Å². The third-order valence-corrected chi connectivity index (χ3v) is 4.44. The van der Waals surface area contributed by atoms with E-state index in [0.717, 1.165) is 11.1 Å². The number of anilines is 1. The number of para-hydroxylation sites is 1. The fourth-order valence-corrected chi connectivity index (χ4v) is 3.05. The van der Waals surface area contributed by atoms with Crippen molar-refractivity contribution >= 4 is 23.4 Å². The molecular formula is C23H18N2O3. The van der Waals surface area contributed by atoms with Crippen molar-refractivity contribution in [1.82, 2.24) is 0 Å². The van der Waals surface area contributed by atoms with E-state index >= 15 is 0 Å². The van der Waals surface area contributed by atoms with E-state index in [0.29, 0.717) is 22.7 Å². The molecule has 3 aromatic rings. The fourth-order valence-electron chi connectivity index (χ4n) is 3.05. The Bertz CT molecular complexity index is 1070. The summed E-state index contributed by atoms with van der Waals surface area (Å²) in [4.78, 5) is 13.2. The van der Waals surface area contributed by atoms with Crippen LogP contribution in [0.5, 0.6) is 11.5 Å². The van der Waals surface area contributed by atoms with Crippen molar-refractivity contribution in [3.05, 3.63) is 95.6 Å². The highest BCUT2D eigenvalue weighted by Gasteiger charge is 2.31. The minimum Gasteiger partial charge on any atom is -0.504 e. The normalized spacial score (nSPS) is 15.0. The Morgan fingerprint density at radius 2 is 1.64 bits per heavy atom. The maximum absolute atomic E-state index is 13.2. The number of rotatable bonds is 4. The summed E-state index contributed by atoms with van der Waals surface area (Å²) in [5.74, 6) is 0.181. The zero-order valence-electron chi connectivity index (χ0n) is 15.2. The van der Waals surface area contributed by atoms with Gasteiger partial charge >= 0.3 is 0 Å². The number of carbonyl (C=O) groups is 1. The van der Waals surface area contributed by atoms with Gasteiger partial charge in [-0.1, -0.05) is 54.6 Å². The van der Waals surface area contributed by atoms with Crippen LogP contribution in [0.15, 0.2) is 89.5 Å². The number of hydrogen-bond acceptors (Lipinski definition) is 4. The van der Waals surface area contributed by atoms with Gasteiger partial charge in [-0.2, -0.15) is 10.1 Å². The zero-order chi connectivity index (χ0) is 19.5. The Balaban J connectivity index is 1.82. The molecule has 0 aromatic heterocycles. The maximum Gasteiger partial charge on any atom is 0.281 e. The highest BCUT2D eigenvalue weighted by atomic mass is 16.5. The van der Waals surface area contributed by atoms with E-state index in [1.807, 2.05) is 60.7 Å². The molecular weight excluding hydrogens is 352 g/mol. The summed E-state index contributed by atoms with van der Waals surface area (Å²) >= 11 is 0.